The number of methoxy groups -OCH3 is 1. The molecule has 0 aliphatic carbocycles. The minimum atomic E-state index is -0.282. The first kappa shape index (κ1) is 14.5. The monoisotopic (exact) mass is 274 g/mol. The Labute approximate surface area is 118 Å². The molecule has 2 rings (SSSR count). The number of aromatic nitrogens is 1. The third kappa shape index (κ3) is 2.96. The lowest BCUT2D eigenvalue weighted by molar-refractivity contribution is 0.410. The molecule has 0 amide bonds. The van der Waals surface area contributed by atoms with Gasteiger partial charge < -0.3 is 10.1 Å². The van der Waals surface area contributed by atoms with Gasteiger partial charge in [-0.1, -0.05) is 6.07 Å². The van der Waals surface area contributed by atoms with Crippen molar-refractivity contribution in [2.24, 2.45) is 0 Å². The summed E-state index contributed by atoms with van der Waals surface area (Å²) in [5.41, 5.74) is 3.45. The molecule has 0 saturated carbocycles. The van der Waals surface area contributed by atoms with Gasteiger partial charge in [0.05, 0.1) is 13.2 Å². The Morgan fingerprint density at radius 3 is 2.30 bits per heavy atom. The topological polar surface area (TPSA) is 34.2 Å². The Morgan fingerprint density at radius 2 is 1.80 bits per heavy atom. The van der Waals surface area contributed by atoms with Gasteiger partial charge in [0.15, 0.2) is 0 Å². The number of benzene rings is 1. The molecule has 1 N–H and O–H groups in total. The normalized spacial score (nSPS) is 12.2. The smallest absolute Gasteiger partial charge is 0.132 e. The van der Waals surface area contributed by atoms with Crippen LogP contribution < -0.4 is 10.1 Å². The molecule has 1 aromatic carbocycles. The molecule has 2 aromatic rings. The van der Waals surface area contributed by atoms with Crippen molar-refractivity contribution in [3.05, 3.63) is 58.7 Å². The van der Waals surface area contributed by atoms with Crippen LogP contribution in [0.25, 0.3) is 0 Å². The molecule has 1 heterocycles. The summed E-state index contributed by atoms with van der Waals surface area (Å²) in [5, 5.41) is 3.16. The lowest BCUT2D eigenvalue weighted by atomic mass is 9.97. The molecule has 0 saturated heterocycles. The Bertz CT molecular complexity index is 593. The summed E-state index contributed by atoms with van der Waals surface area (Å²) in [5.74, 6) is 0.235. The molecular formula is C16H19FN2O. The molecule has 106 valence electrons. The van der Waals surface area contributed by atoms with E-state index >= 15 is 0 Å². The van der Waals surface area contributed by atoms with Gasteiger partial charge in [-0.05, 0) is 44.7 Å². The van der Waals surface area contributed by atoms with Gasteiger partial charge in [-0.15, -0.1) is 0 Å². The fraction of sp³-hybridized carbons (Fsp3) is 0.312. The Hall–Kier alpha value is -1.94. The molecule has 0 aliphatic heterocycles. The summed E-state index contributed by atoms with van der Waals surface area (Å²) in [4.78, 5) is 4.35. The second kappa shape index (κ2) is 6.01. The minimum absolute atomic E-state index is 0.207. The van der Waals surface area contributed by atoms with Crippen molar-refractivity contribution >= 4 is 0 Å². The van der Waals surface area contributed by atoms with Gasteiger partial charge in [-0.2, -0.15) is 0 Å². The van der Waals surface area contributed by atoms with Crippen molar-refractivity contribution in [2.75, 3.05) is 14.2 Å². The second-order valence-corrected chi connectivity index (χ2v) is 4.79. The minimum Gasteiger partial charge on any atom is -0.497 e. The Balaban J connectivity index is 2.46. The lowest BCUT2D eigenvalue weighted by Crippen LogP contribution is -2.19. The molecular weight excluding hydrogens is 255 g/mol. The summed E-state index contributed by atoms with van der Waals surface area (Å²) in [7, 11) is 3.35. The van der Waals surface area contributed by atoms with E-state index in [2.05, 4.69) is 10.3 Å². The summed E-state index contributed by atoms with van der Waals surface area (Å²) in [6.45, 7) is 3.88. The highest BCUT2D eigenvalue weighted by molar-refractivity contribution is 5.37. The van der Waals surface area contributed by atoms with Gasteiger partial charge in [0.25, 0.3) is 0 Å². The molecule has 3 nitrogen and oxygen atoms in total. The van der Waals surface area contributed by atoms with Gasteiger partial charge in [0, 0.05) is 23.0 Å². The Morgan fingerprint density at radius 1 is 1.15 bits per heavy atom. The van der Waals surface area contributed by atoms with Crippen molar-refractivity contribution in [1.82, 2.24) is 10.3 Å². The third-order valence-corrected chi connectivity index (χ3v) is 3.24. The van der Waals surface area contributed by atoms with Crippen LogP contribution in [0.2, 0.25) is 0 Å². The van der Waals surface area contributed by atoms with E-state index in [1.807, 2.05) is 33.0 Å². The van der Waals surface area contributed by atoms with Crippen LogP contribution in [0.15, 0.2) is 30.3 Å². The van der Waals surface area contributed by atoms with Crippen molar-refractivity contribution in [1.29, 1.82) is 0 Å². The number of ether oxygens (including phenoxy) is 1. The number of hydrogen-bond donors (Lipinski definition) is 1. The van der Waals surface area contributed by atoms with Crippen molar-refractivity contribution in [3.63, 3.8) is 0 Å². The first-order chi connectivity index (χ1) is 9.55. The van der Waals surface area contributed by atoms with Gasteiger partial charge >= 0.3 is 0 Å². The third-order valence-electron chi connectivity index (χ3n) is 3.24. The molecule has 0 spiro atoms. The van der Waals surface area contributed by atoms with Crippen LogP contribution in [0.5, 0.6) is 5.75 Å². The number of pyridine rings is 1. The molecule has 0 fully saturated rings. The highest BCUT2D eigenvalue weighted by Gasteiger charge is 2.17. The zero-order valence-corrected chi connectivity index (χ0v) is 12.2. The maximum Gasteiger partial charge on any atom is 0.132 e. The first-order valence-electron chi connectivity index (χ1n) is 6.51. The average Bonchev–Trinajstić information content (AvgIpc) is 2.40. The Kier molecular flexibility index (Phi) is 4.35. The molecule has 4 heteroatoms. The first-order valence-corrected chi connectivity index (χ1v) is 6.51. The van der Waals surface area contributed by atoms with E-state index < -0.39 is 0 Å². The lowest BCUT2D eigenvalue weighted by Gasteiger charge is -2.19. The zero-order chi connectivity index (χ0) is 14.7. The van der Waals surface area contributed by atoms with Crippen LogP contribution in [0, 0.1) is 19.7 Å². The standard InChI is InChI=1S/C16H19FN2O/c1-10-7-12(8-11(2)19-10)16(18-3)14-6-5-13(20-4)9-15(14)17/h5-9,16,18H,1-4H3. The largest absolute Gasteiger partial charge is 0.497 e. The van der Waals surface area contributed by atoms with Crippen molar-refractivity contribution in [2.45, 2.75) is 19.9 Å². The number of aryl methyl sites for hydroxylation is 2. The molecule has 1 unspecified atom stereocenters. The van der Waals surface area contributed by atoms with E-state index in [1.54, 1.807) is 12.1 Å². The number of nitrogens with zero attached hydrogens (tertiary/aromatic N) is 1. The van der Waals surface area contributed by atoms with Gasteiger partial charge in [0.1, 0.15) is 11.6 Å². The van der Waals surface area contributed by atoms with Crippen molar-refractivity contribution in [3.8, 4) is 5.75 Å². The van der Waals surface area contributed by atoms with Crippen LogP contribution in [0.1, 0.15) is 28.6 Å². The predicted molar refractivity (Wildman–Crippen MR) is 77.6 cm³/mol. The van der Waals surface area contributed by atoms with Crippen LogP contribution >= 0.6 is 0 Å². The highest BCUT2D eigenvalue weighted by Crippen LogP contribution is 2.27. The fourth-order valence-corrected chi connectivity index (χ4v) is 2.40. The number of hydrogen-bond acceptors (Lipinski definition) is 3. The molecule has 0 radical (unpaired) electrons. The fourth-order valence-electron chi connectivity index (χ4n) is 2.40. The zero-order valence-electron chi connectivity index (χ0n) is 12.2. The summed E-state index contributed by atoms with van der Waals surface area (Å²) < 4.78 is 19.3. The van der Waals surface area contributed by atoms with Crippen molar-refractivity contribution < 1.29 is 9.13 Å². The van der Waals surface area contributed by atoms with Gasteiger partial charge in [0.2, 0.25) is 0 Å². The summed E-state index contributed by atoms with van der Waals surface area (Å²) >= 11 is 0. The van der Waals surface area contributed by atoms with E-state index in [4.69, 9.17) is 4.74 Å². The number of rotatable bonds is 4. The van der Waals surface area contributed by atoms with Crippen LogP contribution in [-0.4, -0.2) is 19.1 Å². The van der Waals surface area contributed by atoms with E-state index in [9.17, 15) is 4.39 Å². The van der Waals surface area contributed by atoms with E-state index in [0.29, 0.717) is 11.3 Å². The van der Waals surface area contributed by atoms with Crippen LogP contribution in [-0.2, 0) is 0 Å². The van der Waals surface area contributed by atoms with Crippen LogP contribution in [0.3, 0.4) is 0 Å². The molecule has 0 bridgehead atoms. The summed E-state index contributed by atoms with van der Waals surface area (Å²) in [6.07, 6.45) is 0. The van der Waals surface area contributed by atoms with E-state index in [-0.39, 0.29) is 11.9 Å². The molecule has 1 atom stereocenters. The number of nitrogens with one attached hydrogen (secondary N) is 1. The quantitative estimate of drug-likeness (QED) is 0.930. The predicted octanol–water partition coefficient (Wildman–Crippen LogP) is 3.15. The summed E-state index contributed by atoms with van der Waals surface area (Å²) in [6, 6.07) is 8.65. The maximum atomic E-state index is 14.2. The van der Waals surface area contributed by atoms with Gasteiger partial charge in [-0.3, -0.25) is 4.98 Å². The highest BCUT2D eigenvalue weighted by atomic mass is 19.1. The molecule has 1 aromatic heterocycles. The van der Waals surface area contributed by atoms with E-state index in [1.165, 1.54) is 13.2 Å². The second-order valence-electron chi connectivity index (χ2n) is 4.79. The molecule has 20 heavy (non-hydrogen) atoms. The van der Waals surface area contributed by atoms with Gasteiger partial charge in [-0.25, -0.2) is 4.39 Å². The number of halogens is 1. The van der Waals surface area contributed by atoms with Crippen LogP contribution in [0.4, 0.5) is 4.39 Å². The molecule has 0 aliphatic rings. The average molecular weight is 274 g/mol. The van der Waals surface area contributed by atoms with E-state index in [0.717, 1.165) is 17.0 Å². The SMILES string of the molecule is CNC(c1cc(C)nc(C)c1)c1ccc(OC)cc1F. The maximum absolute atomic E-state index is 14.2.